The van der Waals surface area contributed by atoms with Gasteiger partial charge >= 0.3 is 0 Å². The zero-order chi connectivity index (χ0) is 21.5. The van der Waals surface area contributed by atoms with E-state index in [1.165, 1.54) is 24.0 Å². The number of benzene rings is 1. The topological polar surface area (TPSA) is 72.8 Å². The lowest BCUT2D eigenvalue weighted by atomic mass is 9.53. The van der Waals surface area contributed by atoms with Crippen LogP contribution in [0.4, 0.5) is 0 Å². The van der Waals surface area contributed by atoms with Gasteiger partial charge in [-0.1, -0.05) is 19.9 Å². The molecule has 5 heteroatoms. The molecule has 3 N–H and O–H groups in total. The number of fused-ring (bicyclic) bond motifs is 3. The van der Waals surface area contributed by atoms with Crippen molar-refractivity contribution in [1.29, 1.82) is 0 Å². The third-order valence-corrected chi connectivity index (χ3v) is 9.49. The number of piperidine rings is 1. The fourth-order valence-corrected chi connectivity index (χ4v) is 8.00. The predicted molar refractivity (Wildman–Crippen MR) is 119 cm³/mol. The lowest BCUT2D eigenvalue weighted by molar-refractivity contribution is -0.151. The Kier molecular flexibility index (Phi) is 4.34. The second-order valence-corrected chi connectivity index (χ2v) is 11.4. The van der Waals surface area contributed by atoms with E-state index < -0.39 is 5.60 Å². The van der Waals surface area contributed by atoms with Crippen molar-refractivity contribution in [3.05, 3.63) is 29.3 Å². The number of aryl methyl sites for hydroxylation is 1. The summed E-state index contributed by atoms with van der Waals surface area (Å²) in [6.07, 6.45) is 8.28. The number of phenols is 1. The van der Waals surface area contributed by atoms with Crippen molar-refractivity contribution in [2.75, 3.05) is 6.54 Å². The van der Waals surface area contributed by atoms with E-state index in [1.54, 1.807) is 0 Å². The number of amides is 1. The number of nitrogens with zero attached hydrogens (tertiary/aromatic N) is 1. The third-order valence-electron chi connectivity index (χ3n) is 9.49. The van der Waals surface area contributed by atoms with Crippen LogP contribution in [0.1, 0.15) is 69.9 Å². The molecular weight excluding hydrogens is 388 g/mol. The minimum absolute atomic E-state index is 0.0233. The molecule has 0 radical (unpaired) electrons. The van der Waals surface area contributed by atoms with Crippen molar-refractivity contribution in [2.45, 2.75) is 94.4 Å². The van der Waals surface area contributed by atoms with Crippen molar-refractivity contribution in [1.82, 2.24) is 10.2 Å². The molecule has 1 aliphatic heterocycles. The Morgan fingerprint density at radius 1 is 1.26 bits per heavy atom. The number of likely N-dealkylation sites (tertiary alicyclic amines) is 1. The molecule has 5 nitrogen and oxygen atoms in total. The van der Waals surface area contributed by atoms with Crippen LogP contribution in [-0.2, 0) is 16.6 Å². The molecule has 1 aromatic rings. The molecule has 3 saturated carbocycles. The molecule has 4 aliphatic carbocycles. The molecule has 1 saturated heterocycles. The fraction of sp³-hybridized carbons (Fsp3) is 0.731. The first-order valence-corrected chi connectivity index (χ1v) is 12.4. The number of phenolic OH excluding ortho intramolecular Hbond substituents is 1. The summed E-state index contributed by atoms with van der Waals surface area (Å²) in [6.45, 7) is 4.98. The first kappa shape index (κ1) is 20.0. The molecule has 1 aromatic carbocycles. The van der Waals surface area contributed by atoms with Crippen LogP contribution < -0.4 is 5.32 Å². The molecule has 1 spiro atoms. The van der Waals surface area contributed by atoms with E-state index in [-0.39, 0.29) is 29.3 Å². The first-order valence-electron chi connectivity index (χ1n) is 12.4. The summed E-state index contributed by atoms with van der Waals surface area (Å²) in [4.78, 5) is 15.1. The Morgan fingerprint density at radius 3 is 2.81 bits per heavy atom. The molecule has 1 amide bonds. The van der Waals surface area contributed by atoms with E-state index >= 15 is 0 Å². The zero-order valence-electron chi connectivity index (χ0n) is 18.8. The highest BCUT2D eigenvalue weighted by Crippen LogP contribution is 2.68. The van der Waals surface area contributed by atoms with Crippen molar-refractivity contribution >= 4 is 5.91 Å². The van der Waals surface area contributed by atoms with Crippen LogP contribution >= 0.6 is 0 Å². The molecule has 168 valence electrons. The summed E-state index contributed by atoms with van der Waals surface area (Å²) in [5.74, 6) is 1.58. The zero-order valence-corrected chi connectivity index (χ0v) is 18.8. The fourth-order valence-electron chi connectivity index (χ4n) is 8.00. The SMILES string of the molecule is CC(C)C(=O)N[C@H]1CCC23c4cc(O)ccc4CCC4C2C[C@@H](N4CC2CC2)[C@]3(O)C1. The van der Waals surface area contributed by atoms with E-state index in [2.05, 4.69) is 16.3 Å². The van der Waals surface area contributed by atoms with Gasteiger partial charge in [-0.3, -0.25) is 9.69 Å². The van der Waals surface area contributed by atoms with E-state index in [0.29, 0.717) is 24.1 Å². The van der Waals surface area contributed by atoms with Crippen LogP contribution in [0.5, 0.6) is 5.75 Å². The number of carbonyl (C=O) groups is 1. The quantitative estimate of drug-likeness (QED) is 0.694. The summed E-state index contributed by atoms with van der Waals surface area (Å²) < 4.78 is 0. The highest BCUT2D eigenvalue weighted by atomic mass is 16.3. The van der Waals surface area contributed by atoms with Gasteiger partial charge in [0.05, 0.1) is 5.60 Å². The Balaban J connectivity index is 1.43. The highest BCUT2D eigenvalue weighted by molar-refractivity contribution is 5.78. The number of aromatic hydroxyl groups is 1. The number of carbonyl (C=O) groups excluding carboxylic acids is 1. The minimum Gasteiger partial charge on any atom is -0.508 e. The van der Waals surface area contributed by atoms with Gasteiger partial charge in [0.2, 0.25) is 5.91 Å². The van der Waals surface area contributed by atoms with Crippen molar-refractivity contribution in [2.24, 2.45) is 17.8 Å². The molecule has 31 heavy (non-hydrogen) atoms. The lowest BCUT2D eigenvalue weighted by Crippen LogP contribution is -2.70. The van der Waals surface area contributed by atoms with E-state index in [9.17, 15) is 15.0 Å². The number of hydrogen-bond donors (Lipinski definition) is 3. The first-order chi connectivity index (χ1) is 14.8. The Morgan fingerprint density at radius 2 is 2.06 bits per heavy atom. The third kappa shape index (κ3) is 2.72. The Hall–Kier alpha value is -1.59. The number of rotatable bonds is 4. The Bertz CT molecular complexity index is 912. The average molecular weight is 425 g/mol. The maximum atomic E-state index is 12.6. The molecule has 2 bridgehead atoms. The summed E-state index contributed by atoms with van der Waals surface area (Å²) in [5.41, 5.74) is 1.35. The van der Waals surface area contributed by atoms with Gasteiger partial charge in [0, 0.05) is 36.0 Å². The number of nitrogens with one attached hydrogen (secondary N) is 1. The number of aliphatic hydroxyl groups is 1. The highest BCUT2D eigenvalue weighted by Gasteiger charge is 2.74. The van der Waals surface area contributed by atoms with Crippen LogP contribution in [-0.4, -0.2) is 51.3 Å². The summed E-state index contributed by atoms with van der Waals surface area (Å²) >= 11 is 0. The van der Waals surface area contributed by atoms with Crippen LogP contribution in [0.25, 0.3) is 0 Å². The van der Waals surface area contributed by atoms with Crippen LogP contribution in [0, 0.1) is 17.8 Å². The molecule has 0 aromatic heterocycles. The predicted octanol–water partition coefficient (Wildman–Crippen LogP) is 3.11. The van der Waals surface area contributed by atoms with Crippen LogP contribution in [0.2, 0.25) is 0 Å². The summed E-state index contributed by atoms with van der Waals surface area (Å²) in [6, 6.07) is 6.58. The number of hydrogen-bond acceptors (Lipinski definition) is 4. The smallest absolute Gasteiger partial charge is 0.222 e. The normalized spacial score (nSPS) is 41.0. The van der Waals surface area contributed by atoms with Gasteiger partial charge in [-0.15, -0.1) is 0 Å². The largest absolute Gasteiger partial charge is 0.508 e. The summed E-state index contributed by atoms with van der Waals surface area (Å²) in [5, 5.41) is 26.3. The van der Waals surface area contributed by atoms with Crippen molar-refractivity contribution in [3.8, 4) is 5.75 Å². The van der Waals surface area contributed by atoms with Crippen molar-refractivity contribution in [3.63, 3.8) is 0 Å². The minimum atomic E-state index is -0.858. The molecule has 6 rings (SSSR count). The lowest BCUT2D eigenvalue weighted by Gasteiger charge is -2.59. The van der Waals surface area contributed by atoms with E-state index in [0.717, 1.165) is 44.6 Å². The van der Waals surface area contributed by atoms with Crippen LogP contribution in [0.3, 0.4) is 0 Å². The van der Waals surface area contributed by atoms with Gasteiger partial charge in [-0.05, 0) is 86.5 Å². The van der Waals surface area contributed by atoms with Gasteiger partial charge in [0.15, 0.2) is 0 Å². The maximum Gasteiger partial charge on any atom is 0.222 e. The van der Waals surface area contributed by atoms with Crippen molar-refractivity contribution < 1.29 is 15.0 Å². The molecular formula is C26H36N2O3. The summed E-state index contributed by atoms with van der Waals surface area (Å²) in [7, 11) is 0. The monoisotopic (exact) mass is 424 g/mol. The average Bonchev–Trinajstić information content (AvgIpc) is 3.43. The van der Waals surface area contributed by atoms with Gasteiger partial charge < -0.3 is 15.5 Å². The molecule has 6 atom stereocenters. The van der Waals surface area contributed by atoms with Crippen LogP contribution in [0.15, 0.2) is 18.2 Å². The maximum absolute atomic E-state index is 12.6. The van der Waals surface area contributed by atoms with E-state index in [4.69, 9.17) is 0 Å². The molecule has 5 aliphatic rings. The molecule has 3 unspecified atom stereocenters. The van der Waals surface area contributed by atoms with Gasteiger partial charge in [-0.25, -0.2) is 0 Å². The molecule has 4 fully saturated rings. The van der Waals surface area contributed by atoms with Gasteiger partial charge in [0.25, 0.3) is 0 Å². The standard InChI is InChI=1S/C26H36N2O3/c1-15(2)24(30)27-18-9-10-25-20-11-19(29)7-5-17(20)6-8-22-21(25)12-23(26(25,31)13-18)28(22)14-16-3-4-16/h5,7,11,15-16,18,21-23,29,31H,3-4,6,8-10,12-14H2,1-2H3,(H,27,30)/t18-,21?,22?,23+,25?,26+/m0/s1. The second kappa shape index (κ2) is 6.71. The van der Waals surface area contributed by atoms with Gasteiger partial charge in [-0.2, -0.15) is 0 Å². The molecule has 1 heterocycles. The second-order valence-electron chi connectivity index (χ2n) is 11.4. The van der Waals surface area contributed by atoms with Gasteiger partial charge in [0.1, 0.15) is 5.75 Å². The Labute approximate surface area is 185 Å². The van der Waals surface area contributed by atoms with E-state index in [1.807, 2.05) is 26.0 Å².